The molecule has 1 saturated heterocycles. The highest BCUT2D eigenvalue weighted by Crippen LogP contribution is 2.29. The molecule has 7 heteroatoms. The average molecular weight is 342 g/mol. The molecule has 1 saturated carbocycles. The molecule has 2 fully saturated rings. The van der Waals surface area contributed by atoms with E-state index in [1.54, 1.807) is 6.19 Å². The van der Waals surface area contributed by atoms with Gasteiger partial charge in [0.05, 0.1) is 18.0 Å². The van der Waals surface area contributed by atoms with Gasteiger partial charge in [0.15, 0.2) is 0 Å². The van der Waals surface area contributed by atoms with Crippen LogP contribution in [0.25, 0.3) is 0 Å². The highest BCUT2D eigenvalue weighted by molar-refractivity contribution is 5.83. The number of piperidine rings is 1. The fraction of sp³-hybridized carbons (Fsp3) is 0.778. The summed E-state index contributed by atoms with van der Waals surface area (Å²) in [6.07, 6.45) is 9.90. The zero-order chi connectivity index (χ0) is 18.0. The molecule has 0 bridgehead atoms. The molecule has 0 aromatic rings. The minimum absolute atomic E-state index is 0.177. The molecular weight excluding hydrogens is 316 g/mol. The van der Waals surface area contributed by atoms with Gasteiger partial charge in [-0.3, -0.25) is 4.79 Å². The van der Waals surface area contributed by atoms with Crippen LogP contribution >= 0.6 is 0 Å². The Morgan fingerprint density at radius 3 is 2.60 bits per heavy atom. The molecule has 1 unspecified atom stereocenters. The van der Waals surface area contributed by atoms with E-state index in [1.807, 2.05) is 0 Å². The van der Waals surface area contributed by atoms with Gasteiger partial charge in [-0.25, -0.2) is 4.99 Å². The number of hydrogen-bond acceptors (Lipinski definition) is 6. The lowest BCUT2D eigenvalue weighted by Crippen LogP contribution is -2.56. The maximum Gasteiger partial charge on any atom is 0.246 e. The number of nitrogens with one attached hydrogen (secondary N) is 2. The minimum Gasteiger partial charge on any atom is -0.348 e. The number of aliphatic imine (C=N–C) groups is 2. The van der Waals surface area contributed by atoms with E-state index in [0.717, 1.165) is 38.8 Å². The summed E-state index contributed by atoms with van der Waals surface area (Å²) < 4.78 is 0. The summed E-state index contributed by atoms with van der Waals surface area (Å²) in [5.41, 5.74) is -0.482. The maximum atomic E-state index is 12.9. The fourth-order valence-electron chi connectivity index (χ4n) is 3.83. The predicted molar refractivity (Wildman–Crippen MR) is 93.7 cm³/mol. The first-order chi connectivity index (χ1) is 12.2. The highest BCUT2D eigenvalue weighted by Gasteiger charge is 2.36. The monoisotopic (exact) mass is 342 g/mol. The van der Waals surface area contributed by atoms with Crippen LogP contribution in [0.4, 0.5) is 0 Å². The topological polar surface area (TPSA) is 113 Å². The van der Waals surface area contributed by atoms with Crippen molar-refractivity contribution in [2.75, 3.05) is 13.1 Å². The van der Waals surface area contributed by atoms with Crippen LogP contribution in [0.5, 0.6) is 0 Å². The molecule has 7 nitrogen and oxygen atoms in total. The Morgan fingerprint density at radius 1 is 1.24 bits per heavy atom. The lowest BCUT2D eigenvalue weighted by Gasteiger charge is -2.37. The second-order valence-corrected chi connectivity index (χ2v) is 7.05. The summed E-state index contributed by atoms with van der Waals surface area (Å²) in [7, 11) is 0. The van der Waals surface area contributed by atoms with E-state index in [4.69, 9.17) is 10.5 Å². The van der Waals surface area contributed by atoms with Gasteiger partial charge in [0.2, 0.25) is 12.1 Å². The van der Waals surface area contributed by atoms with Crippen molar-refractivity contribution in [3.05, 3.63) is 0 Å². The number of nitrogens with zero attached hydrogens (tertiary/aromatic N) is 4. The molecule has 2 aliphatic rings. The molecule has 134 valence electrons. The van der Waals surface area contributed by atoms with Crippen LogP contribution in [0.1, 0.15) is 57.8 Å². The molecule has 1 amide bonds. The minimum atomic E-state index is -0.592. The van der Waals surface area contributed by atoms with Crippen molar-refractivity contribution >= 4 is 11.9 Å². The van der Waals surface area contributed by atoms with Crippen molar-refractivity contribution in [3.8, 4) is 12.3 Å². The normalized spacial score (nSPS) is 21.0. The molecule has 1 aliphatic heterocycles. The lowest BCUT2D eigenvalue weighted by molar-refractivity contribution is -0.125. The Kier molecular flexibility index (Phi) is 7.60. The Morgan fingerprint density at radius 2 is 1.96 bits per heavy atom. The van der Waals surface area contributed by atoms with E-state index in [1.165, 1.54) is 19.3 Å². The van der Waals surface area contributed by atoms with Gasteiger partial charge in [-0.1, -0.05) is 32.1 Å². The van der Waals surface area contributed by atoms with Gasteiger partial charge in [-0.2, -0.15) is 10.5 Å². The highest BCUT2D eigenvalue weighted by atomic mass is 16.2. The van der Waals surface area contributed by atoms with Gasteiger partial charge in [0, 0.05) is 0 Å². The standard InChI is InChI=1S/C18H26N6O/c19-9-6-18(7-10-21-11-8-18)24-17(25)16(23-14-22-13-20)12-15-4-2-1-3-5-15/h15-16,21H,1-8,10-12H2,(H,24,25). The summed E-state index contributed by atoms with van der Waals surface area (Å²) in [5, 5.41) is 24.0. The van der Waals surface area contributed by atoms with Crippen LogP contribution < -0.4 is 10.6 Å². The average Bonchev–Trinajstić information content (AvgIpc) is 2.63. The quantitative estimate of drug-likeness (QED) is 0.568. The molecule has 2 rings (SSSR count). The van der Waals surface area contributed by atoms with Gasteiger partial charge in [-0.15, -0.1) is 4.99 Å². The van der Waals surface area contributed by atoms with Crippen molar-refractivity contribution < 1.29 is 4.79 Å². The van der Waals surface area contributed by atoms with Crippen LogP contribution in [0.15, 0.2) is 9.98 Å². The molecule has 0 radical (unpaired) electrons. The smallest absolute Gasteiger partial charge is 0.246 e. The molecule has 0 aromatic heterocycles. The van der Waals surface area contributed by atoms with Gasteiger partial charge in [0.25, 0.3) is 0 Å². The largest absolute Gasteiger partial charge is 0.348 e. The molecular formula is C18H26N6O. The number of carbonyl (C=O) groups excluding carboxylic acids is 1. The number of hydrogen-bond donors (Lipinski definition) is 2. The first-order valence-corrected chi connectivity index (χ1v) is 9.12. The summed E-state index contributed by atoms with van der Waals surface area (Å²) in [4.78, 5) is 20.3. The summed E-state index contributed by atoms with van der Waals surface area (Å²) in [5.74, 6) is 0.292. The van der Waals surface area contributed by atoms with Crippen LogP contribution in [-0.2, 0) is 4.79 Å². The molecule has 1 atom stereocenters. The number of nitriles is 2. The van der Waals surface area contributed by atoms with Crippen LogP contribution in [-0.4, -0.2) is 36.6 Å². The Balaban J connectivity index is 2.08. The van der Waals surface area contributed by atoms with Gasteiger partial charge >= 0.3 is 0 Å². The molecule has 1 heterocycles. The van der Waals surface area contributed by atoms with Gasteiger partial charge in [0.1, 0.15) is 12.1 Å². The zero-order valence-corrected chi connectivity index (χ0v) is 14.6. The summed E-state index contributed by atoms with van der Waals surface area (Å²) >= 11 is 0. The summed E-state index contributed by atoms with van der Waals surface area (Å²) in [6, 6.07) is 3.95. The molecule has 2 N–H and O–H groups in total. The number of amides is 1. The zero-order valence-electron chi connectivity index (χ0n) is 14.6. The second-order valence-electron chi connectivity index (χ2n) is 7.05. The molecule has 0 aromatic carbocycles. The Hall–Kier alpha value is -2.21. The van der Waals surface area contributed by atoms with E-state index >= 15 is 0 Å². The first-order valence-electron chi connectivity index (χ1n) is 9.12. The van der Waals surface area contributed by atoms with Crippen molar-refractivity contribution in [1.29, 1.82) is 10.5 Å². The van der Waals surface area contributed by atoms with E-state index in [0.29, 0.717) is 18.8 Å². The van der Waals surface area contributed by atoms with E-state index in [2.05, 4.69) is 32.7 Å². The van der Waals surface area contributed by atoms with Gasteiger partial charge < -0.3 is 10.6 Å². The lowest BCUT2D eigenvalue weighted by atomic mass is 9.83. The van der Waals surface area contributed by atoms with E-state index < -0.39 is 11.6 Å². The third-order valence-electron chi connectivity index (χ3n) is 5.26. The van der Waals surface area contributed by atoms with Crippen molar-refractivity contribution in [2.45, 2.75) is 69.4 Å². The summed E-state index contributed by atoms with van der Waals surface area (Å²) in [6.45, 7) is 1.57. The molecule has 25 heavy (non-hydrogen) atoms. The van der Waals surface area contributed by atoms with Crippen molar-refractivity contribution in [2.24, 2.45) is 15.9 Å². The predicted octanol–water partition coefficient (Wildman–Crippen LogP) is 2.13. The van der Waals surface area contributed by atoms with Crippen molar-refractivity contribution in [1.82, 2.24) is 10.6 Å². The molecule has 1 aliphatic carbocycles. The van der Waals surface area contributed by atoms with E-state index in [9.17, 15) is 4.79 Å². The number of carbonyl (C=O) groups is 1. The third-order valence-corrected chi connectivity index (χ3v) is 5.26. The Labute approximate surface area is 149 Å². The SMILES string of the molecule is N#CCC1(NC(=O)C(CC2CCCCC2)N=C=NC#N)CCNCC1. The maximum absolute atomic E-state index is 12.9. The van der Waals surface area contributed by atoms with Crippen molar-refractivity contribution in [3.63, 3.8) is 0 Å². The fourth-order valence-corrected chi connectivity index (χ4v) is 3.83. The van der Waals surface area contributed by atoms with E-state index in [-0.39, 0.29) is 5.91 Å². The third kappa shape index (κ3) is 5.98. The number of rotatable bonds is 6. The Bertz CT molecular complexity index is 584. The van der Waals surface area contributed by atoms with Crippen LogP contribution in [0, 0.1) is 28.7 Å². The first kappa shape index (κ1) is 19.1. The molecule has 0 spiro atoms. The van der Waals surface area contributed by atoms with Gasteiger partial charge in [-0.05, 0) is 38.3 Å². The second kappa shape index (κ2) is 9.93. The van der Waals surface area contributed by atoms with Crippen LogP contribution in [0.2, 0.25) is 0 Å². The van der Waals surface area contributed by atoms with Crippen LogP contribution in [0.3, 0.4) is 0 Å².